The van der Waals surface area contributed by atoms with E-state index >= 15 is 0 Å². The van der Waals surface area contributed by atoms with E-state index in [1.54, 1.807) is 11.9 Å². The summed E-state index contributed by atoms with van der Waals surface area (Å²) in [5.41, 5.74) is 0. The van der Waals surface area contributed by atoms with Gasteiger partial charge in [-0.05, 0) is 6.92 Å². The number of carbonyl (C=O) groups is 1. The van der Waals surface area contributed by atoms with Crippen molar-refractivity contribution >= 4 is 5.91 Å². The van der Waals surface area contributed by atoms with E-state index in [2.05, 4.69) is 45.6 Å². The van der Waals surface area contributed by atoms with Crippen molar-refractivity contribution in [1.29, 1.82) is 0 Å². The van der Waals surface area contributed by atoms with Crippen LogP contribution in [0, 0.1) is 0 Å². The number of carbonyl (C=O) groups excluding carboxylic acids is 1. The Morgan fingerprint density at radius 2 is 2.09 bits per heavy atom. The predicted molar refractivity (Wildman–Crippen MR) is 81.1 cm³/mol. The molecule has 0 fully saturated rings. The highest BCUT2D eigenvalue weighted by atomic mass is 16.5. The SMILES string of the molecule is COc1nc(C(=O)N2Cc3nnc(C(C)C)n3[C@@H](C)C2)nn1C. The minimum absolute atomic E-state index is 0.112. The standard InChI is InChI=1S/C14H21N7O2/c1-8(2)12-17-16-10-7-20(6-9(3)21(10)12)13(22)11-15-14(23-5)19(4)18-11/h8-9H,6-7H2,1-5H3/t9-/m0/s1. The molecule has 3 rings (SSSR count). The van der Waals surface area contributed by atoms with E-state index in [0.29, 0.717) is 25.0 Å². The van der Waals surface area contributed by atoms with Crippen LogP contribution in [0.15, 0.2) is 0 Å². The first-order valence-electron chi connectivity index (χ1n) is 7.60. The van der Waals surface area contributed by atoms with Crippen LogP contribution in [0.4, 0.5) is 0 Å². The second kappa shape index (κ2) is 5.64. The van der Waals surface area contributed by atoms with Gasteiger partial charge in [0, 0.05) is 19.5 Å². The lowest BCUT2D eigenvalue weighted by molar-refractivity contribution is 0.0666. The molecule has 1 aliphatic rings. The zero-order valence-corrected chi connectivity index (χ0v) is 14.0. The van der Waals surface area contributed by atoms with E-state index in [9.17, 15) is 4.79 Å². The van der Waals surface area contributed by atoms with Crippen LogP contribution in [0.5, 0.6) is 6.01 Å². The van der Waals surface area contributed by atoms with Gasteiger partial charge in [0.1, 0.15) is 5.82 Å². The molecule has 1 atom stereocenters. The molecule has 0 unspecified atom stereocenters. The minimum atomic E-state index is -0.226. The fourth-order valence-electron chi connectivity index (χ4n) is 2.89. The zero-order valence-electron chi connectivity index (χ0n) is 14.0. The maximum atomic E-state index is 12.7. The molecule has 0 bridgehead atoms. The van der Waals surface area contributed by atoms with Gasteiger partial charge in [-0.15, -0.1) is 15.3 Å². The van der Waals surface area contributed by atoms with Gasteiger partial charge in [-0.3, -0.25) is 4.79 Å². The summed E-state index contributed by atoms with van der Waals surface area (Å²) in [6.45, 7) is 7.22. The van der Waals surface area contributed by atoms with Crippen molar-refractivity contribution in [2.75, 3.05) is 13.7 Å². The van der Waals surface area contributed by atoms with Crippen molar-refractivity contribution in [1.82, 2.24) is 34.4 Å². The molecule has 0 radical (unpaired) electrons. The molecule has 2 aromatic heterocycles. The Hall–Kier alpha value is -2.45. The Balaban J connectivity index is 1.86. The van der Waals surface area contributed by atoms with Gasteiger partial charge in [-0.25, -0.2) is 4.68 Å². The molecule has 1 amide bonds. The number of amides is 1. The Bertz CT molecular complexity index is 734. The third-order valence-electron chi connectivity index (χ3n) is 3.95. The number of hydrogen-bond acceptors (Lipinski definition) is 6. The lowest BCUT2D eigenvalue weighted by Gasteiger charge is -2.32. The number of ether oxygens (including phenoxy) is 1. The first kappa shape index (κ1) is 15.4. The molecular weight excluding hydrogens is 298 g/mol. The van der Waals surface area contributed by atoms with E-state index in [-0.39, 0.29) is 17.8 Å². The summed E-state index contributed by atoms with van der Waals surface area (Å²) in [4.78, 5) is 18.5. The number of fused-ring (bicyclic) bond motifs is 1. The van der Waals surface area contributed by atoms with Gasteiger partial charge >= 0.3 is 6.01 Å². The van der Waals surface area contributed by atoms with Crippen LogP contribution >= 0.6 is 0 Å². The molecule has 0 aromatic carbocycles. The van der Waals surface area contributed by atoms with Crippen LogP contribution in [-0.2, 0) is 13.6 Å². The summed E-state index contributed by atoms with van der Waals surface area (Å²) in [6.07, 6.45) is 0. The van der Waals surface area contributed by atoms with E-state index in [0.717, 1.165) is 11.6 Å². The number of methoxy groups -OCH3 is 1. The van der Waals surface area contributed by atoms with Gasteiger partial charge in [0.25, 0.3) is 5.91 Å². The van der Waals surface area contributed by atoms with Gasteiger partial charge in [-0.2, -0.15) is 4.98 Å². The van der Waals surface area contributed by atoms with Crippen LogP contribution in [0.25, 0.3) is 0 Å². The van der Waals surface area contributed by atoms with Gasteiger partial charge in [0.15, 0.2) is 5.82 Å². The van der Waals surface area contributed by atoms with Crippen LogP contribution in [0.1, 0.15) is 55.0 Å². The highest BCUT2D eigenvalue weighted by Crippen LogP contribution is 2.25. The van der Waals surface area contributed by atoms with Crippen molar-refractivity contribution in [3.8, 4) is 6.01 Å². The van der Waals surface area contributed by atoms with E-state index in [1.165, 1.54) is 11.8 Å². The molecule has 2 aromatic rings. The lowest BCUT2D eigenvalue weighted by atomic mass is 10.1. The molecule has 124 valence electrons. The fraction of sp³-hybridized carbons (Fsp3) is 0.643. The summed E-state index contributed by atoms with van der Waals surface area (Å²) in [5, 5.41) is 12.6. The van der Waals surface area contributed by atoms with E-state index in [1.807, 2.05) is 0 Å². The number of aromatic nitrogens is 6. The van der Waals surface area contributed by atoms with Crippen molar-refractivity contribution in [3.05, 3.63) is 17.5 Å². The number of hydrogen-bond donors (Lipinski definition) is 0. The van der Waals surface area contributed by atoms with Crippen LogP contribution in [0.2, 0.25) is 0 Å². The highest BCUT2D eigenvalue weighted by molar-refractivity contribution is 5.90. The van der Waals surface area contributed by atoms with Crippen LogP contribution in [0.3, 0.4) is 0 Å². The van der Waals surface area contributed by atoms with Crippen molar-refractivity contribution in [2.45, 2.75) is 39.3 Å². The summed E-state index contributed by atoms with van der Waals surface area (Å²) >= 11 is 0. The second-order valence-electron chi connectivity index (χ2n) is 6.08. The fourth-order valence-corrected chi connectivity index (χ4v) is 2.89. The average molecular weight is 319 g/mol. The minimum Gasteiger partial charge on any atom is -0.467 e. The first-order chi connectivity index (χ1) is 10.9. The maximum absolute atomic E-state index is 12.7. The smallest absolute Gasteiger partial charge is 0.314 e. The molecule has 0 saturated carbocycles. The molecule has 9 heteroatoms. The number of rotatable bonds is 3. The highest BCUT2D eigenvalue weighted by Gasteiger charge is 2.32. The van der Waals surface area contributed by atoms with Crippen molar-refractivity contribution in [2.24, 2.45) is 7.05 Å². The normalized spacial score (nSPS) is 17.5. The van der Waals surface area contributed by atoms with Crippen molar-refractivity contribution in [3.63, 3.8) is 0 Å². The molecule has 1 aliphatic heterocycles. The van der Waals surface area contributed by atoms with E-state index < -0.39 is 0 Å². The number of nitrogens with zero attached hydrogens (tertiary/aromatic N) is 7. The quantitative estimate of drug-likeness (QED) is 0.829. The number of aryl methyl sites for hydroxylation is 1. The molecule has 0 spiro atoms. The van der Waals surface area contributed by atoms with Gasteiger partial charge in [0.05, 0.1) is 19.7 Å². The largest absolute Gasteiger partial charge is 0.467 e. The van der Waals surface area contributed by atoms with Crippen LogP contribution < -0.4 is 4.74 Å². The van der Waals surface area contributed by atoms with E-state index in [4.69, 9.17) is 4.74 Å². The summed E-state index contributed by atoms with van der Waals surface area (Å²) in [6, 6.07) is 0.421. The van der Waals surface area contributed by atoms with Crippen molar-refractivity contribution < 1.29 is 9.53 Å². The molecule has 23 heavy (non-hydrogen) atoms. The topological polar surface area (TPSA) is 91.0 Å². The third-order valence-corrected chi connectivity index (χ3v) is 3.95. The lowest BCUT2D eigenvalue weighted by Crippen LogP contribution is -2.41. The monoisotopic (exact) mass is 319 g/mol. The Morgan fingerprint density at radius 1 is 1.35 bits per heavy atom. The van der Waals surface area contributed by atoms with Crippen LogP contribution in [-0.4, -0.2) is 54.0 Å². The summed E-state index contributed by atoms with van der Waals surface area (Å²) in [5.74, 6) is 1.95. The molecule has 0 N–H and O–H groups in total. The average Bonchev–Trinajstić information content (AvgIpc) is 3.10. The maximum Gasteiger partial charge on any atom is 0.314 e. The molecule has 3 heterocycles. The van der Waals surface area contributed by atoms with Gasteiger partial charge < -0.3 is 14.2 Å². The third kappa shape index (κ3) is 2.55. The molecule has 9 nitrogen and oxygen atoms in total. The Morgan fingerprint density at radius 3 is 2.70 bits per heavy atom. The Labute approximate surface area is 134 Å². The Kier molecular flexibility index (Phi) is 3.78. The predicted octanol–water partition coefficient (Wildman–Crippen LogP) is 0.756. The van der Waals surface area contributed by atoms with Gasteiger partial charge in [0.2, 0.25) is 5.82 Å². The van der Waals surface area contributed by atoms with Gasteiger partial charge in [-0.1, -0.05) is 13.8 Å². The second-order valence-corrected chi connectivity index (χ2v) is 6.08. The first-order valence-corrected chi connectivity index (χ1v) is 7.60. The molecular formula is C14H21N7O2. The summed E-state index contributed by atoms with van der Waals surface area (Å²) in [7, 11) is 3.18. The molecule has 0 aliphatic carbocycles. The molecule has 0 saturated heterocycles. The summed E-state index contributed by atoms with van der Waals surface area (Å²) < 4.78 is 8.63. The zero-order chi connectivity index (χ0) is 16.7.